The molecule has 0 aliphatic heterocycles. The standard InChI is InChI=1S/C21H14F2N6O2/c1-12-6-7-14-15(11-18-24-20(28-30-18)21(2,22)23)27-31-19(14)13(12)8-9-17-26-25-16-5-3-4-10-29(16)17/h3-7,10H,11H2,1-2H3. The van der Waals surface area contributed by atoms with Crippen LogP contribution >= 0.6 is 0 Å². The fourth-order valence-corrected chi connectivity index (χ4v) is 3.13. The van der Waals surface area contributed by atoms with Gasteiger partial charge in [-0.2, -0.15) is 13.8 Å². The minimum absolute atomic E-state index is 0.0230. The van der Waals surface area contributed by atoms with Crippen LogP contribution in [-0.4, -0.2) is 29.9 Å². The summed E-state index contributed by atoms with van der Waals surface area (Å²) in [5, 5.41) is 16.3. The number of hydrogen-bond acceptors (Lipinski definition) is 7. The van der Waals surface area contributed by atoms with Gasteiger partial charge in [0.2, 0.25) is 17.5 Å². The predicted octanol–water partition coefficient (Wildman–Crippen LogP) is 3.66. The molecular formula is C21H14F2N6O2. The van der Waals surface area contributed by atoms with Crippen molar-refractivity contribution < 1.29 is 17.8 Å². The van der Waals surface area contributed by atoms with Crippen LogP contribution in [0.2, 0.25) is 0 Å². The lowest BCUT2D eigenvalue weighted by atomic mass is 10.0. The van der Waals surface area contributed by atoms with E-state index < -0.39 is 11.7 Å². The molecule has 0 bridgehead atoms. The van der Waals surface area contributed by atoms with Crippen LogP contribution in [0.4, 0.5) is 8.78 Å². The molecule has 0 saturated carbocycles. The molecule has 1 aromatic carbocycles. The Morgan fingerprint density at radius 2 is 1.94 bits per heavy atom. The van der Waals surface area contributed by atoms with Crippen LogP contribution in [0.25, 0.3) is 16.6 Å². The second-order valence-corrected chi connectivity index (χ2v) is 7.04. The third kappa shape index (κ3) is 3.40. The van der Waals surface area contributed by atoms with Gasteiger partial charge in [-0.3, -0.25) is 4.40 Å². The lowest BCUT2D eigenvalue weighted by Gasteiger charge is -2.01. The molecular weight excluding hydrogens is 406 g/mol. The van der Waals surface area contributed by atoms with Crippen LogP contribution in [0.15, 0.2) is 45.6 Å². The van der Waals surface area contributed by atoms with Crippen molar-refractivity contribution in [1.82, 2.24) is 29.9 Å². The van der Waals surface area contributed by atoms with Gasteiger partial charge >= 0.3 is 5.92 Å². The summed E-state index contributed by atoms with van der Waals surface area (Å²) in [5.74, 6) is 2.78. The molecule has 4 heterocycles. The van der Waals surface area contributed by atoms with Gasteiger partial charge < -0.3 is 9.05 Å². The van der Waals surface area contributed by atoms with Gasteiger partial charge in [0.05, 0.1) is 12.0 Å². The maximum atomic E-state index is 13.4. The molecule has 0 amide bonds. The van der Waals surface area contributed by atoms with Crippen molar-refractivity contribution in [3.05, 3.63) is 70.9 Å². The normalized spacial score (nSPS) is 11.7. The van der Waals surface area contributed by atoms with Crippen molar-refractivity contribution >= 4 is 16.6 Å². The molecule has 8 nitrogen and oxygen atoms in total. The van der Waals surface area contributed by atoms with E-state index in [-0.39, 0.29) is 12.3 Å². The van der Waals surface area contributed by atoms with Gasteiger partial charge in [-0.1, -0.05) is 28.4 Å². The molecule has 0 saturated heterocycles. The number of benzene rings is 1. The Hall–Kier alpha value is -4.13. The van der Waals surface area contributed by atoms with E-state index in [4.69, 9.17) is 9.05 Å². The zero-order valence-electron chi connectivity index (χ0n) is 16.4. The minimum atomic E-state index is -3.18. The van der Waals surface area contributed by atoms with Crippen molar-refractivity contribution in [3.8, 4) is 11.8 Å². The van der Waals surface area contributed by atoms with Gasteiger partial charge in [-0.15, -0.1) is 10.2 Å². The second kappa shape index (κ2) is 6.98. The number of hydrogen-bond donors (Lipinski definition) is 0. The summed E-state index contributed by atoms with van der Waals surface area (Å²) in [4.78, 5) is 3.75. The maximum Gasteiger partial charge on any atom is 0.307 e. The monoisotopic (exact) mass is 420 g/mol. The number of rotatable bonds is 3. The van der Waals surface area contributed by atoms with E-state index >= 15 is 0 Å². The van der Waals surface area contributed by atoms with E-state index in [2.05, 4.69) is 37.3 Å². The third-order valence-corrected chi connectivity index (χ3v) is 4.72. The van der Waals surface area contributed by atoms with Gasteiger partial charge in [0, 0.05) is 18.5 Å². The number of pyridine rings is 1. The summed E-state index contributed by atoms with van der Waals surface area (Å²) in [5.41, 5.74) is 3.20. The predicted molar refractivity (Wildman–Crippen MR) is 104 cm³/mol. The summed E-state index contributed by atoms with van der Waals surface area (Å²) >= 11 is 0. The molecule has 0 radical (unpaired) electrons. The molecule has 0 aliphatic rings. The quantitative estimate of drug-likeness (QED) is 0.411. The zero-order chi connectivity index (χ0) is 21.6. The van der Waals surface area contributed by atoms with Crippen LogP contribution in [0, 0.1) is 18.8 Å². The first-order valence-electron chi connectivity index (χ1n) is 9.30. The number of nitrogens with zero attached hydrogens (tertiary/aromatic N) is 6. The van der Waals surface area contributed by atoms with E-state index in [1.54, 1.807) is 4.40 Å². The summed E-state index contributed by atoms with van der Waals surface area (Å²) in [6, 6.07) is 9.29. The highest BCUT2D eigenvalue weighted by molar-refractivity contribution is 5.86. The fourth-order valence-electron chi connectivity index (χ4n) is 3.13. The van der Waals surface area contributed by atoms with Crippen LogP contribution in [0.3, 0.4) is 0 Å². The minimum Gasteiger partial charge on any atom is -0.355 e. The summed E-state index contributed by atoms with van der Waals surface area (Å²) in [6.07, 6.45) is 1.89. The van der Waals surface area contributed by atoms with Crippen LogP contribution in [-0.2, 0) is 12.3 Å². The third-order valence-electron chi connectivity index (χ3n) is 4.72. The molecule has 5 aromatic rings. The number of aryl methyl sites for hydroxylation is 1. The SMILES string of the molecule is Cc1ccc2c(Cc3nc(C(C)(F)F)no3)noc2c1C#Cc1nnc2ccccn12. The van der Waals surface area contributed by atoms with Crippen molar-refractivity contribution in [3.63, 3.8) is 0 Å². The first-order valence-corrected chi connectivity index (χ1v) is 9.30. The van der Waals surface area contributed by atoms with Gasteiger partial charge in [0.15, 0.2) is 11.2 Å². The van der Waals surface area contributed by atoms with E-state index in [0.717, 1.165) is 5.56 Å². The summed E-state index contributed by atoms with van der Waals surface area (Å²) < 4.78 is 39.0. The fraction of sp³-hybridized carbons (Fsp3) is 0.190. The van der Waals surface area contributed by atoms with Crippen LogP contribution < -0.4 is 0 Å². The average Bonchev–Trinajstić information content (AvgIpc) is 3.46. The topological polar surface area (TPSA) is 95.1 Å². The molecule has 4 aromatic heterocycles. The van der Waals surface area contributed by atoms with Crippen LogP contribution in [0.5, 0.6) is 0 Å². The summed E-state index contributed by atoms with van der Waals surface area (Å²) in [6.45, 7) is 2.61. The lowest BCUT2D eigenvalue weighted by Crippen LogP contribution is -2.09. The van der Waals surface area contributed by atoms with Gasteiger partial charge in [-0.05, 0) is 36.6 Å². The highest BCUT2D eigenvalue weighted by Gasteiger charge is 2.31. The molecule has 5 rings (SSSR count). The van der Waals surface area contributed by atoms with Gasteiger partial charge in [-0.25, -0.2) is 0 Å². The van der Waals surface area contributed by atoms with E-state index in [1.807, 2.05) is 43.5 Å². The number of halogens is 2. The molecule has 0 unspecified atom stereocenters. The number of fused-ring (bicyclic) bond motifs is 2. The van der Waals surface area contributed by atoms with Gasteiger partial charge in [0.1, 0.15) is 5.69 Å². The Balaban J connectivity index is 1.52. The zero-order valence-corrected chi connectivity index (χ0v) is 16.4. The van der Waals surface area contributed by atoms with Crippen molar-refractivity contribution in [1.29, 1.82) is 0 Å². The molecule has 0 spiro atoms. The maximum absolute atomic E-state index is 13.4. The van der Waals surface area contributed by atoms with E-state index in [1.165, 1.54) is 0 Å². The molecule has 10 heteroatoms. The average molecular weight is 420 g/mol. The molecule has 154 valence electrons. The first kappa shape index (κ1) is 18.9. The largest absolute Gasteiger partial charge is 0.355 e. The highest BCUT2D eigenvalue weighted by atomic mass is 19.3. The molecule has 0 N–H and O–H groups in total. The van der Waals surface area contributed by atoms with Crippen molar-refractivity contribution in [2.24, 2.45) is 0 Å². The van der Waals surface area contributed by atoms with Gasteiger partial charge in [0.25, 0.3) is 0 Å². The van der Waals surface area contributed by atoms with Crippen molar-refractivity contribution in [2.75, 3.05) is 0 Å². The Kier molecular flexibility index (Phi) is 4.25. The summed E-state index contributed by atoms with van der Waals surface area (Å²) in [7, 11) is 0. The molecule has 0 fully saturated rings. The Bertz CT molecular complexity index is 1480. The van der Waals surface area contributed by atoms with E-state index in [9.17, 15) is 8.78 Å². The van der Waals surface area contributed by atoms with Crippen LogP contribution in [0.1, 0.15) is 41.3 Å². The number of aromatic nitrogens is 6. The second-order valence-electron chi connectivity index (χ2n) is 7.04. The first-order chi connectivity index (χ1) is 14.9. The Labute approximate surface area is 173 Å². The lowest BCUT2D eigenvalue weighted by molar-refractivity contribution is 0.00559. The van der Waals surface area contributed by atoms with E-state index in [0.29, 0.717) is 40.6 Å². The molecule has 31 heavy (non-hydrogen) atoms. The highest BCUT2D eigenvalue weighted by Crippen LogP contribution is 2.27. The molecule has 0 aliphatic carbocycles. The molecule has 0 atom stereocenters. The Morgan fingerprint density at radius 1 is 1.06 bits per heavy atom. The Morgan fingerprint density at radius 3 is 2.74 bits per heavy atom. The number of alkyl halides is 2. The van der Waals surface area contributed by atoms with Crippen molar-refractivity contribution in [2.45, 2.75) is 26.2 Å². The smallest absolute Gasteiger partial charge is 0.307 e.